The van der Waals surface area contributed by atoms with E-state index in [1.54, 1.807) is 26.0 Å². The quantitative estimate of drug-likeness (QED) is 0.531. The average molecular weight is 311 g/mol. The fourth-order valence-electron chi connectivity index (χ4n) is 1.97. The van der Waals surface area contributed by atoms with E-state index in [0.717, 1.165) is 11.9 Å². The maximum Gasteiger partial charge on any atom is 0.348 e. The van der Waals surface area contributed by atoms with Gasteiger partial charge in [0.05, 0.1) is 4.92 Å². The van der Waals surface area contributed by atoms with Crippen molar-refractivity contribution in [3.05, 3.63) is 56.2 Å². The van der Waals surface area contributed by atoms with Crippen LogP contribution < -0.4 is 5.32 Å². The van der Waals surface area contributed by atoms with Crippen LogP contribution in [0.3, 0.4) is 0 Å². The normalized spacial score (nSPS) is 10.5. The van der Waals surface area contributed by atoms with Crippen molar-refractivity contribution in [1.29, 1.82) is 0 Å². The molecule has 110 valence electrons. The first-order valence-corrected chi connectivity index (χ1v) is 6.42. The molecular weight excluding hydrogens is 299 g/mol. The van der Waals surface area contributed by atoms with E-state index >= 15 is 0 Å². The zero-order valence-corrected chi connectivity index (χ0v) is 12.1. The van der Waals surface area contributed by atoms with E-state index in [0.29, 0.717) is 11.1 Å². The van der Waals surface area contributed by atoms with Gasteiger partial charge in [-0.3, -0.25) is 10.1 Å². The molecule has 1 N–H and O–H groups in total. The van der Waals surface area contributed by atoms with E-state index < -0.39 is 4.92 Å². The number of hydrogen-bond donors (Lipinski definition) is 1. The molecule has 2 aromatic rings. The van der Waals surface area contributed by atoms with Gasteiger partial charge in [-0.15, -0.1) is 0 Å². The van der Waals surface area contributed by atoms with Crippen LogP contribution in [0.2, 0.25) is 5.15 Å². The number of anilines is 1. The maximum absolute atomic E-state index is 13.5. The molecule has 1 heterocycles. The molecule has 0 bridgehead atoms. The zero-order chi connectivity index (χ0) is 15.6. The SMILES string of the molecule is Cc1cc(CNc2ncnc(Cl)c2[N+](=O)[O-])cc(C)c1F. The van der Waals surface area contributed by atoms with Crippen LogP contribution in [-0.4, -0.2) is 14.9 Å². The van der Waals surface area contributed by atoms with Gasteiger partial charge in [-0.2, -0.15) is 0 Å². The predicted molar refractivity (Wildman–Crippen MR) is 76.9 cm³/mol. The molecule has 0 aliphatic heterocycles. The summed E-state index contributed by atoms with van der Waals surface area (Å²) in [6.45, 7) is 3.59. The van der Waals surface area contributed by atoms with Gasteiger partial charge in [-0.05, 0) is 30.5 Å². The van der Waals surface area contributed by atoms with E-state index in [9.17, 15) is 14.5 Å². The summed E-state index contributed by atoms with van der Waals surface area (Å²) >= 11 is 5.70. The van der Waals surface area contributed by atoms with E-state index in [-0.39, 0.29) is 29.0 Å². The van der Waals surface area contributed by atoms with Gasteiger partial charge in [0.1, 0.15) is 12.1 Å². The lowest BCUT2D eigenvalue weighted by molar-refractivity contribution is -0.384. The van der Waals surface area contributed by atoms with Crippen LogP contribution in [0.5, 0.6) is 0 Å². The molecule has 0 aliphatic rings. The lowest BCUT2D eigenvalue weighted by Crippen LogP contribution is -2.06. The first-order chi connectivity index (χ1) is 9.90. The molecule has 0 radical (unpaired) electrons. The van der Waals surface area contributed by atoms with Crippen molar-refractivity contribution in [3.63, 3.8) is 0 Å². The highest BCUT2D eigenvalue weighted by molar-refractivity contribution is 6.31. The summed E-state index contributed by atoms with van der Waals surface area (Å²) in [4.78, 5) is 17.7. The molecule has 1 aromatic heterocycles. The molecule has 0 atom stereocenters. The minimum Gasteiger partial charge on any atom is -0.360 e. The largest absolute Gasteiger partial charge is 0.360 e. The second kappa shape index (κ2) is 6.01. The Kier molecular flexibility index (Phi) is 4.32. The lowest BCUT2D eigenvalue weighted by Gasteiger charge is -2.09. The van der Waals surface area contributed by atoms with Crippen LogP contribution in [0.15, 0.2) is 18.5 Å². The zero-order valence-electron chi connectivity index (χ0n) is 11.4. The fraction of sp³-hybridized carbons (Fsp3) is 0.231. The van der Waals surface area contributed by atoms with Crippen molar-refractivity contribution in [2.24, 2.45) is 0 Å². The monoisotopic (exact) mass is 310 g/mol. The second-order valence-corrected chi connectivity index (χ2v) is 4.87. The average Bonchev–Trinajstić information content (AvgIpc) is 2.41. The van der Waals surface area contributed by atoms with Crippen LogP contribution in [0.25, 0.3) is 0 Å². The highest BCUT2D eigenvalue weighted by atomic mass is 35.5. The molecule has 0 fully saturated rings. The molecule has 8 heteroatoms. The Bertz CT molecular complexity index is 686. The number of rotatable bonds is 4. The molecule has 0 spiro atoms. The Morgan fingerprint density at radius 3 is 2.52 bits per heavy atom. The maximum atomic E-state index is 13.5. The molecule has 6 nitrogen and oxygen atoms in total. The van der Waals surface area contributed by atoms with Gasteiger partial charge in [0.2, 0.25) is 11.0 Å². The summed E-state index contributed by atoms with van der Waals surface area (Å²) in [5, 5.41) is 13.6. The number of halogens is 2. The number of aryl methyl sites for hydroxylation is 2. The Morgan fingerprint density at radius 1 is 1.33 bits per heavy atom. The number of nitrogens with one attached hydrogen (secondary N) is 1. The number of nitro groups is 1. The van der Waals surface area contributed by atoms with Gasteiger partial charge in [0, 0.05) is 6.54 Å². The van der Waals surface area contributed by atoms with E-state index in [1.807, 2.05) is 0 Å². The van der Waals surface area contributed by atoms with Crippen molar-refractivity contribution < 1.29 is 9.31 Å². The third-order valence-corrected chi connectivity index (χ3v) is 3.19. The molecule has 0 amide bonds. The molecule has 0 saturated heterocycles. The Hall–Kier alpha value is -2.28. The summed E-state index contributed by atoms with van der Waals surface area (Å²) < 4.78 is 13.5. The van der Waals surface area contributed by atoms with Crippen LogP contribution in [0.4, 0.5) is 15.9 Å². The molecule has 0 unspecified atom stereocenters. The summed E-state index contributed by atoms with van der Waals surface area (Å²) in [5.74, 6) is -0.227. The predicted octanol–water partition coefficient (Wildman–Crippen LogP) is 3.41. The highest BCUT2D eigenvalue weighted by Gasteiger charge is 2.21. The van der Waals surface area contributed by atoms with E-state index in [2.05, 4.69) is 15.3 Å². The van der Waals surface area contributed by atoms with Gasteiger partial charge in [-0.25, -0.2) is 14.4 Å². The molecule has 2 rings (SSSR count). The molecular formula is C13H12ClFN4O2. The minimum absolute atomic E-state index is 0.0274. The molecule has 1 aromatic carbocycles. The summed E-state index contributed by atoms with van der Waals surface area (Å²) in [6, 6.07) is 3.34. The number of aromatic nitrogens is 2. The molecule has 0 aliphatic carbocycles. The summed E-state index contributed by atoms with van der Waals surface area (Å²) in [5.41, 5.74) is 1.44. The first-order valence-electron chi connectivity index (χ1n) is 6.04. The number of nitrogens with zero attached hydrogens (tertiary/aromatic N) is 3. The summed E-state index contributed by atoms with van der Waals surface area (Å²) in [6.07, 6.45) is 1.14. The first kappa shape index (κ1) is 15.1. The smallest absolute Gasteiger partial charge is 0.348 e. The molecule has 21 heavy (non-hydrogen) atoms. The Morgan fingerprint density at radius 2 is 1.95 bits per heavy atom. The van der Waals surface area contributed by atoms with Crippen molar-refractivity contribution in [2.75, 3.05) is 5.32 Å². The van der Waals surface area contributed by atoms with Crippen molar-refractivity contribution >= 4 is 23.1 Å². The van der Waals surface area contributed by atoms with Gasteiger partial charge >= 0.3 is 5.69 Å². The van der Waals surface area contributed by atoms with Crippen LogP contribution in [0, 0.1) is 29.8 Å². The van der Waals surface area contributed by atoms with Crippen molar-refractivity contribution in [2.45, 2.75) is 20.4 Å². The van der Waals surface area contributed by atoms with Crippen molar-refractivity contribution in [1.82, 2.24) is 9.97 Å². The van der Waals surface area contributed by atoms with Gasteiger partial charge in [0.15, 0.2) is 0 Å². The van der Waals surface area contributed by atoms with Crippen LogP contribution >= 0.6 is 11.6 Å². The second-order valence-electron chi connectivity index (χ2n) is 4.52. The van der Waals surface area contributed by atoms with Gasteiger partial charge in [0.25, 0.3) is 0 Å². The minimum atomic E-state index is -0.647. The lowest BCUT2D eigenvalue weighted by atomic mass is 10.1. The standard InChI is InChI=1S/C13H12ClFN4O2/c1-7-3-9(4-8(2)10(7)15)5-16-13-11(19(20)21)12(14)17-6-18-13/h3-4,6H,5H2,1-2H3,(H,16,17,18). The van der Waals surface area contributed by atoms with Crippen molar-refractivity contribution in [3.8, 4) is 0 Å². The Labute approximate surface area is 125 Å². The fourth-order valence-corrected chi connectivity index (χ4v) is 2.17. The van der Waals surface area contributed by atoms with Crippen LogP contribution in [-0.2, 0) is 6.54 Å². The Balaban J connectivity index is 2.25. The molecule has 0 saturated carbocycles. The third kappa shape index (κ3) is 3.25. The number of benzene rings is 1. The topological polar surface area (TPSA) is 81.0 Å². The van der Waals surface area contributed by atoms with Crippen LogP contribution in [0.1, 0.15) is 16.7 Å². The van der Waals surface area contributed by atoms with Gasteiger partial charge < -0.3 is 5.32 Å². The van der Waals surface area contributed by atoms with E-state index in [4.69, 9.17) is 11.6 Å². The third-order valence-electron chi connectivity index (χ3n) is 2.92. The number of hydrogen-bond acceptors (Lipinski definition) is 5. The highest BCUT2D eigenvalue weighted by Crippen LogP contribution is 2.28. The van der Waals surface area contributed by atoms with E-state index in [1.165, 1.54) is 0 Å². The summed E-state index contributed by atoms with van der Waals surface area (Å²) in [7, 11) is 0. The van der Waals surface area contributed by atoms with Gasteiger partial charge in [-0.1, -0.05) is 23.7 Å².